The average molecular weight is 367 g/mol. The van der Waals surface area contributed by atoms with E-state index >= 15 is 0 Å². The molecule has 1 saturated heterocycles. The number of alkyl halides is 1. The third-order valence-electron chi connectivity index (χ3n) is 2.82. The molecule has 0 unspecified atom stereocenters. The van der Waals surface area contributed by atoms with E-state index in [9.17, 15) is 4.79 Å². The molecule has 0 spiro atoms. The molecular weight excluding hydrogens is 344 g/mol. The Morgan fingerprint density at radius 2 is 2.24 bits per heavy atom. The Morgan fingerprint density at radius 1 is 1.52 bits per heavy atom. The summed E-state index contributed by atoms with van der Waals surface area (Å²) in [5.41, 5.74) is 0. The third-order valence-corrected chi connectivity index (χ3v) is 3.19. The zero-order valence-corrected chi connectivity index (χ0v) is 14.4. The fourth-order valence-corrected chi connectivity index (χ4v) is 2.25. The maximum atomic E-state index is 11.3. The lowest BCUT2D eigenvalue weighted by Gasteiger charge is -2.29. The summed E-state index contributed by atoms with van der Waals surface area (Å²) in [4.78, 5) is 11.3. The molecule has 21 heavy (non-hydrogen) atoms. The van der Waals surface area contributed by atoms with Gasteiger partial charge < -0.3 is 23.7 Å². The minimum atomic E-state index is -0.681. The van der Waals surface area contributed by atoms with Crippen molar-refractivity contribution in [3.05, 3.63) is 12.2 Å². The lowest BCUT2D eigenvalue weighted by atomic mass is 10.1. The highest BCUT2D eigenvalue weighted by atomic mass is 79.9. The van der Waals surface area contributed by atoms with Crippen LogP contribution >= 0.6 is 15.9 Å². The normalized spacial score (nSPS) is 24.1. The van der Waals surface area contributed by atoms with Crippen LogP contribution in [0.3, 0.4) is 0 Å². The molecule has 0 amide bonds. The first-order valence-electron chi connectivity index (χ1n) is 6.71. The highest BCUT2D eigenvalue weighted by Crippen LogP contribution is 2.27. The molecular formula is C14H23BrO6. The van der Waals surface area contributed by atoms with Crippen LogP contribution in [0.4, 0.5) is 0 Å². The summed E-state index contributed by atoms with van der Waals surface area (Å²) in [6, 6.07) is 0. The highest BCUT2D eigenvalue weighted by Gasteiger charge is 2.41. The lowest BCUT2D eigenvalue weighted by Crippen LogP contribution is -2.43. The van der Waals surface area contributed by atoms with E-state index in [1.807, 2.05) is 19.9 Å². The van der Waals surface area contributed by atoms with Gasteiger partial charge in [0.15, 0.2) is 5.79 Å². The molecule has 1 heterocycles. The van der Waals surface area contributed by atoms with Gasteiger partial charge >= 0.3 is 5.97 Å². The van der Waals surface area contributed by atoms with E-state index in [0.29, 0.717) is 11.9 Å². The number of hydrogen-bond donors (Lipinski definition) is 0. The maximum Gasteiger partial charge on any atom is 0.303 e. The van der Waals surface area contributed by atoms with E-state index < -0.39 is 18.0 Å². The van der Waals surface area contributed by atoms with E-state index in [-0.39, 0.29) is 18.9 Å². The summed E-state index contributed by atoms with van der Waals surface area (Å²) in [5.74, 6) is -1.07. The van der Waals surface area contributed by atoms with Gasteiger partial charge in [-0.25, -0.2) is 0 Å². The predicted molar refractivity (Wildman–Crippen MR) is 80.1 cm³/mol. The molecule has 1 aliphatic heterocycles. The monoisotopic (exact) mass is 366 g/mol. The number of carbonyl (C=O) groups excluding carboxylic acids is 1. The molecule has 6 nitrogen and oxygen atoms in total. The van der Waals surface area contributed by atoms with Gasteiger partial charge in [0.2, 0.25) is 0 Å². The van der Waals surface area contributed by atoms with Crippen LogP contribution in [-0.4, -0.2) is 55.9 Å². The van der Waals surface area contributed by atoms with Crippen LogP contribution in [0.2, 0.25) is 0 Å². The summed E-state index contributed by atoms with van der Waals surface area (Å²) in [6.45, 7) is 5.45. The standard InChI is InChI=1S/C14H23BrO6/c1-10(16)20-11(6-5-7-15)13(18-9-17-4)12-8-19-14(2,3)21-12/h5-6,11-13H,7-9H2,1-4H3/b6-5-/t11-,12-,13+/m1/s1. The first-order chi connectivity index (χ1) is 9.89. The Balaban J connectivity index is 2.85. The molecule has 1 aliphatic rings. The molecule has 122 valence electrons. The Labute approximate surface area is 133 Å². The number of ether oxygens (including phenoxy) is 5. The van der Waals surface area contributed by atoms with E-state index in [1.165, 1.54) is 14.0 Å². The van der Waals surface area contributed by atoms with Gasteiger partial charge in [-0.05, 0) is 19.9 Å². The van der Waals surface area contributed by atoms with Crippen LogP contribution in [0.1, 0.15) is 20.8 Å². The summed E-state index contributed by atoms with van der Waals surface area (Å²) >= 11 is 3.30. The SMILES string of the molecule is COCO[C@@H]([C@@H](/C=C\CBr)OC(C)=O)[C@H]1COC(C)(C)O1. The molecule has 1 fully saturated rings. The molecule has 0 aliphatic carbocycles. The summed E-state index contributed by atoms with van der Waals surface area (Å²) in [6.07, 6.45) is 2.19. The second-order valence-electron chi connectivity index (χ2n) is 5.06. The number of esters is 1. The van der Waals surface area contributed by atoms with Crippen molar-refractivity contribution in [2.24, 2.45) is 0 Å². The van der Waals surface area contributed by atoms with Crippen molar-refractivity contribution in [3.8, 4) is 0 Å². The van der Waals surface area contributed by atoms with Gasteiger partial charge in [0, 0.05) is 19.4 Å². The van der Waals surface area contributed by atoms with Crippen molar-refractivity contribution < 1.29 is 28.5 Å². The fourth-order valence-electron chi connectivity index (χ4n) is 2.03. The second-order valence-corrected chi connectivity index (χ2v) is 5.71. The molecule has 3 atom stereocenters. The predicted octanol–water partition coefficient (Wildman–Crippen LogP) is 2.01. The van der Waals surface area contributed by atoms with Crippen molar-refractivity contribution in [1.82, 2.24) is 0 Å². The van der Waals surface area contributed by atoms with E-state index in [4.69, 9.17) is 23.7 Å². The molecule has 0 bridgehead atoms. The molecule has 0 aromatic carbocycles. The maximum absolute atomic E-state index is 11.3. The largest absolute Gasteiger partial charge is 0.455 e. The summed E-state index contributed by atoms with van der Waals surface area (Å²) in [5, 5.41) is 0.648. The minimum absolute atomic E-state index is 0.0743. The smallest absolute Gasteiger partial charge is 0.303 e. The second kappa shape index (κ2) is 8.85. The Hall–Kier alpha value is -0.470. The van der Waals surface area contributed by atoms with Crippen LogP contribution in [-0.2, 0) is 28.5 Å². The molecule has 0 aromatic rings. The van der Waals surface area contributed by atoms with Crippen LogP contribution in [0.25, 0.3) is 0 Å². The van der Waals surface area contributed by atoms with Crippen molar-refractivity contribution in [2.45, 2.75) is 44.9 Å². The minimum Gasteiger partial charge on any atom is -0.455 e. The third kappa shape index (κ3) is 6.44. The first kappa shape index (κ1) is 18.6. The Bertz CT molecular complexity index is 357. The summed E-state index contributed by atoms with van der Waals surface area (Å²) < 4.78 is 27.3. The van der Waals surface area contributed by atoms with Crippen molar-refractivity contribution in [2.75, 3.05) is 25.8 Å². The number of methoxy groups -OCH3 is 1. The van der Waals surface area contributed by atoms with Gasteiger partial charge in [0.1, 0.15) is 25.1 Å². The van der Waals surface area contributed by atoms with Crippen LogP contribution in [0, 0.1) is 0 Å². The number of hydrogen-bond acceptors (Lipinski definition) is 6. The highest BCUT2D eigenvalue weighted by molar-refractivity contribution is 9.09. The van der Waals surface area contributed by atoms with Crippen molar-refractivity contribution >= 4 is 21.9 Å². The molecule has 0 saturated carbocycles. The molecule has 0 radical (unpaired) electrons. The molecule has 1 rings (SSSR count). The van der Waals surface area contributed by atoms with Crippen LogP contribution in [0.5, 0.6) is 0 Å². The number of carbonyl (C=O) groups is 1. The van der Waals surface area contributed by atoms with Gasteiger partial charge in [0.25, 0.3) is 0 Å². The number of halogens is 1. The van der Waals surface area contributed by atoms with Gasteiger partial charge in [-0.1, -0.05) is 22.0 Å². The lowest BCUT2D eigenvalue weighted by molar-refractivity contribution is -0.190. The van der Waals surface area contributed by atoms with Crippen molar-refractivity contribution in [3.63, 3.8) is 0 Å². The topological polar surface area (TPSA) is 63.2 Å². The van der Waals surface area contributed by atoms with Crippen LogP contribution in [0.15, 0.2) is 12.2 Å². The fraction of sp³-hybridized carbons (Fsp3) is 0.786. The molecule has 7 heteroatoms. The average Bonchev–Trinajstić information content (AvgIpc) is 2.75. The van der Waals surface area contributed by atoms with E-state index in [0.717, 1.165) is 0 Å². The number of allylic oxidation sites excluding steroid dienone is 1. The quantitative estimate of drug-likeness (QED) is 0.283. The molecule has 0 aromatic heterocycles. The van der Waals surface area contributed by atoms with Gasteiger partial charge in [-0.3, -0.25) is 4.79 Å². The van der Waals surface area contributed by atoms with E-state index in [2.05, 4.69) is 15.9 Å². The Kier molecular flexibility index (Phi) is 7.83. The molecule has 0 N–H and O–H groups in total. The summed E-state index contributed by atoms with van der Waals surface area (Å²) in [7, 11) is 1.53. The van der Waals surface area contributed by atoms with Crippen molar-refractivity contribution in [1.29, 1.82) is 0 Å². The van der Waals surface area contributed by atoms with Gasteiger partial charge in [-0.2, -0.15) is 0 Å². The first-order valence-corrected chi connectivity index (χ1v) is 7.84. The number of rotatable bonds is 8. The van der Waals surface area contributed by atoms with Gasteiger partial charge in [-0.15, -0.1) is 0 Å². The zero-order valence-electron chi connectivity index (χ0n) is 12.8. The van der Waals surface area contributed by atoms with Gasteiger partial charge in [0.05, 0.1) is 6.61 Å². The zero-order chi connectivity index (χ0) is 15.9. The Morgan fingerprint density at radius 3 is 2.71 bits per heavy atom. The van der Waals surface area contributed by atoms with E-state index in [1.54, 1.807) is 6.08 Å². The van der Waals surface area contributed by atoms with Crippen LogP contribution < -0.4 is 0 Å².